The monoisotopic (exact) mass is 362 g/mol. The van der Waals surface area contributed by atoms with E-state index in [9.17, 15) is 8.42 Å². The van der Waals surface area contributed by atoms with Crippen LogP contribution < -0.4 is 9.54 Å². The molecular weight excluding hydrogens is 344 g/mol. The fraction of sp³-hybridized carbons (Fsp3) is 0.235. The van der Waals surface area contributed by atoms with Crippen molar-refractivity contribution < 1.29 is 13.2 Å². The van der Waals surface area contributed by atoms with Crippen LogP contribution in [0.2, 0.25) is 0 Å². The molecule has 1 heterocycles. The number of nitrogens with zero attached hydrogens (tertiary/aromatic N) is 2. The molecule has 5 nitrogen and oxygen atoms in total. The molecule has 0 saturated carbocycles. The van der Waals surface area contributed by atoms with Crippen LogP contribution in [0.15, 0.2) is 57.8 Å². The summed E-state index contributed by atoms with van der Waals surface area (Å²) >= 11 is 1.35. The molecule has 0 saturated heterocycles. The first kappa shape index (κ1) is 16.7. The van der Waals surface area contributed by atoms with E-state index in [0.717, 1.165) is 16.0 Å². The van der Waals surface area contributed by atoms with E-state index < -0.39 is 10.0 Å². The van der Waals surface area contributed by atoms with E-state index in [4.69, 9.17) is 4.74 Å². The maximum atomic E-state index is 12.6. The lowest BCUT2D eigenvalue weighted by atomic mass is 10.3. The Morgan fingerprint density at radius 1 is 1.08 bits per heavy atom. The summed E-state index contributed by atoms with van der Waals surface area (Å²) in [6.45, 7) is 5.04. The van der Waals surface area contributed by atoms with E-state index in [-0.39, 0.29) is 4.90 Å². The number of hydrogen-bond acceptors (Lipinski definition) is 4. The highest BCUT2D eigenvalue weighted by atomic mass is 32.2. The van der Waals surface area contributed by atoms with Crippen LogP contribution in [0.5, 0.6) is 5.75 Å². The zero-order valence-electron chi connectivity index (χ0n) is 13.5. The second-order valence-corrected chi connectivity index (χ2v) is 7.66. The summed E-state index contributed by atoms with van der Waals surface area (Å²) < 4.78 is 37.7. The number of thiazole rings is 1. The Morgan fingerprint density at radius 3 is 2.50 bits per heavy atom. The predicted molar refractivity (Wildman–Crippen MR) is 95.8 cm³/mol. The molecular formula is C17H18N2O3S2. The SMILES string of the molecule is CCOc1cccc2s/c(=N\S(=O)(=O)c3ccccc3)n(CC)c12. The van der Waals surface area contributed by atoms with Gasteiger partial charge in [0.05, 0.1) is 16.2 Å². The van der Waals surface area contributed by atoms with Gasteiger partial charge in [0, 0.05) is 6.54 Å². The van der Waals surface area contributed by atoms with Crippen LogP contribution in [0.4, 0.5) is 0 Å². The molecule has 2 aromatic carbocycles. The molecule has 0 N–H and O–H groups in total. The predicted octanol–water partition coefficient (Wildman–Crippen LogP) is 3.41. The Hall–Kier alpha value is -2.12. The summed E-state index contributed by atoms with van der Waals surface area (Å²) in [5.41, 5.74) is 0.883. The highest BCUT2D eigenvalue weighted by molar-refractivity contribution is 7.90. The van der Waals surface area contributed by atoms with Crippen molar-refractivity contribution in [2.45, 2.75) is 25.3 Å². The minimum Gasteiger partial charge on any atom is -0.492 e. The number of rotatable bonds is 5. The Balaban J connectivity index is 2.25. The van der Waals surface area contributed by atoms with Crippen LogP contribution in [0, 0.1) is 0 Å². The molecule has 24 heavy (non-hydrogen) atoms. The lowest BCUT2D eigenvalue weighted by molar-refractivity contribution is 0.342. The minimum atomic E-state index is -3.74. The number of para-hydroxylation sites is 1. The van der Waals surface area contributed by atoms with Gasteiger partial charge < -0.3 is 9.30 Å². The van der Waals surface area contributed by atoms with Crippen molar-refractivity contribution in [2.75, 3.05) is 6.61 Å². The summed E-state index contributed by atoms with van der Waals surface area (Å²) in [5, 5.41) is 0. The normalized spacial score (nSPS) is 12.7. The Morgan fingerprint density at radius 2 is 1.83 bits per heavy atom. The van der Waals surface area contributed by atoms with Gasteiger partial charge in [0.2, 0.25) is 4.80 Å². The Kier molecular flexibility index (Phi) is 4.73. The van der Waals surface area contributed by atoms with Crippen LogP contribution in [-0.2, 0) is 16.6 Å². The average Bonchev–Trinajstić information content (AvgIpc) is 2.93. The zero-order valence-corrected chi connectivity index (χ0v) is 15.1. The molecule has 3 rings (SSSR count). The number of sulfonamides is 1. The van der Waals surface area contributed by atoms with E-state index in [1.165, 1.54) is 11.3 Å². The molecule has 0 radical (unpaired) electrons. The van der Waals surface area contributed by atoms with Crippen molar-refractivity contribution >= 4 is 31.6 Å². The highest BCUT2D eigenvalue weighted by Gasteiger charge is 2.15. The maximum absolute atomic E-state index is 12.6. The molecule has 0 fully saturated rings. The first-order valence-corrected chi connectivity index (χ1v) is 9.93. The van der Waals surface area contributed by atoms with Gasteiger partial charge in [-0.3, -0.25) is 0 Å². The smallest absolute Gasteiger partial charge is 0.285 e. The third kappa shape index (κ3) is 3.09. The van der Waals surface area contributed by atoms with E-state index in [2.05, 4.69) is 4.40 Å². The van der Waals surface area contributed by atoms with Crippen molar-refractivity contribution in [1.29, 1.82) is 0 Å². The molecule has 0 amide bonds. The maximum Gasteiger partial charge on any atom is 0.285 e. The van der Waals surface area contributed by atoms with Gasteiger partial charge >= 0.3 is 0 Å². The van der Waals surface area contributed by atoms with Gasteiger partial charge in [0.25, 0.3) is 10.0 Å². The lowest BCUT2D eigenvalue weighted by Gasteiger charge is -2.07. The van der Waals surface area contributed by atoms with Crippen LogP contribution in [0.3, 0.4) is 0 Å². The Labute approximate surface area is 144 Å². The van der Waals surface area contributed by atoms with Gasteiger partial charge in [0.1, 0.15) is 11.3 Å². The fourth-order valence-corrected chi connectivity index (χ4v) is 4.82. The standard InChI is InChI=1S/C17H18N2O3S2/c1-3-19-16-14(22-4-2)11-8-12-15(16)23-17(19)18-24(20,21)13-9-6-5-7-10-13/h5-12H,3-4H2,1-2H3/b18-17-. The lowest BCUT2D eigenvalue weighted by Crippen LogP contribution is -2.16. The molecule has 7 heteroatoms. The van der Waals surface area contributed by atoms with Crippen molar-refractivity contribution in [2.24, 2.45) is 4.40 Å². The quantitative estimate of drug-likeness (QED) is 0.699. The highest BCUT2D eigenvalue weighted by Crippen LogP contribution is 2.27. The van der Waals surface area contributed by atoms with Crippen LogP contribution in [0.25, 0.3) is 10.2 Å². The molecule has 0 aliphatic rings. The number of aromatic nitrogens is 1. The number of ether oxygens (including phenoxy) is 1. The number of aryl methyl sites for hydroxylation is 1. The molecule has 0 spiro atoms. The van der Waals surface area contributed by atoms with E-state index in [1.54, 1.807) is 30.3 Å². The molecule has 0 atom stereocenters. The molecule has 1 aromatic heterocycles. The summed E-state index contributed by atoms with van der Waals surface area (Å²) in [7, 11) is -3.74. The van der Waals surface area contributed by atoms with Crippen molar-refractivity contribution in [3.05, 3.63) is 53.3 Å². The molecule has 126 valence electrons. The van der Waals surface area contributed by atoms with Crippen LogP contribution in [0.1, 0.15) is 13.8 Å². The second-order valence-electron chi connectivity index (χ2n) is 5.04. The third-order valence-corrected chi connectivity index (χ3v) is 5.96. The minimum absolute atomic E-state index is 0.190. The third-order valence-electron chi connectivity index (χ3n) is 3.52. The molecule has 3 aromatic rings. The summed E-state index contributed by atoms with van der Waals surface area (Å²) in [4.78, 5) is 0.638. The fourth-order valence-electron chi connectivity index (χ4n) is 2.48. The Bertz CT molecular complexity index is 1020. The van der Waals surface area contributed by atoms with Crippen molar-refractivity contribution in [1.82, 2.24) is 4.57 Å². The van der Waals surface area contributed by atoms with E-state index in [0.29, 0.717) is 18.0 Å². The van der Waals surface area contributed by atoms with Crippen molar-refractivity contribution in [3.8, 4) is 5.75 Å². The number of fused-ring (bicyclic) bond motifs is 1. The summed E-state index contributed by atoms with van der Waals surface area (Å²) in [6, 6.07) is 14.0. The molecule has 0 aliphatic carbocycles. The average molecular weight is 362 g/mol. The van der Waals surface area contributed by atoms with E-state index >= 15 is 0 Å². The van der Waals surface area contributed by atoms with Crippen LogP contribution in [-0.4, -0.2) is 19.6 Å². The van der Waals surface area contributed by atoms with E-state index in [1.807, 2.05) is 36.6 Å². The molecule has 0 bridgehead atoms. The topological polar surface area (TPSA) is 60.7 Å². The molecule has 0 aliphatic heterocycles. The number of hydrogen-bond donors (Lipinski definition) is 0. The largest absolute Gasteiger partial charge is 0.492 e. The first-order valence-electron chi connectivity index (χ1n) is 7.68. The van der Waals surface area contributed by atoms with Gasteiger partial charge in [-0.1, -0.05) is 35.6 Å². The summed E-state index contributed by atoms with van der Waals surface area (Å²) in [5.74, 6) is 0.742. The van der Waals surface area contributed by atoms with Crippen molar-refractivity contribution in [3.63, 3.8) is 0 Å². The van der Waals surface area contributed by atoms with Gasteiger partial charge in [-0.15, -0.1) is 4.40 Å². The van der Waals surface area contributed by atoms with Gasteiger partial charge in [0.15, 0.2) is 0 Å². The second kappa shape index (κ2) is 6.78. The zero-order chi connectivity index (χ0) is 17.2. The molecule has 0 unspecified atom stereocenters. The van der Waals surface area contributed by atoms with Gasteiger partial charge in [-0.2, -0.15) is 8.42 Å². The first-order chi connectivity index (χ1) is 11.6. The van der Waals surface area contributed by atoms with Crippen LogP contribution >= 0.6 is 11.3 Å². The van der Waals surface area contributed by atoms with Gasteiger partial charge in [-0.05, 0) is 38.1 Å². The summed E-state index contributed by atoms with van der Waals surface area (Å²) in [6.07, 6.45) is 0. The van der Waals surface area contributed by atoms with Gasteiger partial charge in [-0.25, -0.2) is 0 Å². The number of benzene rings is 2.